The Morgan fingerprint density at radius 2 is 2.03 bits per heavy atom. The topological polar surface area (TPSA) is 68.5 Å². The first kappa shape index (κ1) is 21.6. The Labute approximate surface area is 188 Å². The number of carbonyl (C=O) groups is 1. The highest BCUT2D eigenvalue weighted by atomic mass is 16.5. The number of rotatable bonds is 8. The average Bonchev–Trinajstić information content (AvgIpc) is 3.53. The highest BCUT2D eigenvalue weighted by Gasteiger charge is 2.30. The van der Waals surface area contributed by atoms with E-state index in [1.165, 1.54) is 0 Å². The van der Waals surface area contributed by atoms with Gasteiger partial charge >= 0.3 is 0 Å². The van der Waals surface area contributed by atoms with Crippen molar-refractivity contribution in [1.82, 2.24) is 14.6 Å². The molecule has 1 saturated carbocycles. The van der Waals surface area contributed by atoms with E-state index < -0.39 is 0 Å². The highest BCUT2D eigenvalue weighted by Crippen LogP contribution is 2.33. The maximum Gasteiger partial charge on any atom is 0.249 e. The molecule has 0 spiro atoms. The van der Waals surface area contributed by atoms with E-state index in [0.29, 0.717) is 18.2 Å². The molecule has 0 saturated heterocycles. The molecule has 1 amide bonds. The summed E-state index contributed by atoms with van der Waals surface area (Å²) in [5.41, 5.74) is 5.65. The summed E-state index contributed by atoms with van der Waals surface area (Å²) in [7, 11) is 0. The number of anilines is 1. The van der Waals surface area contributed by atoms with Crippen molar-refractivity contribution >= 4 is 17.5 Å². The minimum atomic E-state index is -0.00204. The number of hydrogen-bond donors (Lipinski definition) is 1. The van der Waals surface area contributed by atoms with Crippen LogP contribution < -0.4 is 10.1 Å². The molecule has 1 aromatic carbocycles. The van der Waals surface area contributed by atoms with Gasteiger partial charge in [0.1, 0.15) is 12.4 Å². The molecule has 0 aliphatic heterocycles. The number of carbonyl (C=O) groups excluding carboxylic acids is 1. The summed E-state index contributed by atoms with van der Waals surface area (Å²) in [6, 6.07) is 8.12. The number of allylic oxidation sites excluding steroid dienone is 3. The molecule has 1 N–H and O–H groups in total. The Morgan fingerprint density at radius 3 is 2.72 bits per heavy atom. The van der Waals surface area contributed by atoms with Crippen molar-refractivity contribution in [1.29, 1.82) is 0 Å². The summed E-state index contributed by atoms with van der Waals surface area (Å²) in [6.07, 6.45) is 11.6. The van der Waals surface area contributed by atoms with E-state index in [2.05, 4.69) is 34.1 Å². The fourth-order valence-corrected chi connectivity index (χ4v) is 3.59. The molecule has 2 heterocycles. The van der Waals surface area contributed by atoms with Gasteiger partial charge in [0.05, 0.1) is 0 Å². The Morgan fingerprint density at radius 1 is 1.28 bits per heavy atom. The van der Waals surface area contributed by atoms with E-state index in [1.807, 2.05) is 63.4 Å². The van der Waals surface area contributed by atoms with Gasteiger partial charge in [0.15, 0.2) is 5.65 Å². The van der Waals surface area contributed by atoms with E-state index >= 15 is 0 Å². The number of fused-ring (bicyclic) bond motifs is 1. The lowest BCUT2D eigenvalue weighted by atomic mass is 10.0. The van der Waals surface area contributed by atoms with E-state index in [1.54, 1.807) is 4.52 Å². The third-order valence-electron chi connectivity index (χ3n) is 5.35. The molecule has 0 bridgehead atoms. The van der Waals surface area contributed by atoms with Crippen LogP contribution in [0.5, 0.6) is 5.75 Å². The number of pyridine rings is 1. The predicted octanol–water partition coefficient (Wildman–Crippen LogP) is 5.43. The zero-order chi connectivity index (χ0) is 22.7. The van der Waals surface area contributed by atoms with Crippen LogP contribution in [0.25, 0.3) is 16.8 Å². The van der Waals surface area contributed by atoms with Gasteiger partial charge in [0, 0.05) is 17.7 Å². The highest BCUT2D eigenvalue weighted by molar-refractivity contribution is 5.93. The molecule has 0 radical (unpaired) electrons. The minimum Gasteiger partial charge on any atom is -0.488 e. The van der Waals surface area contributed by atoms with E-state index in [4.69, 9.17) is 4.74 Å². The summed E-state index contributed by atoms with van der Waals surface area (Å²) in [5.74, 6) is 1.30. The zero-order valence-electron chi connectivity index (χ0n) is 18.8. The lowest BCUT2D eigenvalue weighted by Gasteiger charge is -2.14. The number of ether oxygens (including phenoxy) is 1. The van der Waals surface area contributed by atoms with Crippen LogP contribution in [-0.2, 0) is 4.79 Å². The molecule has 6 nitrogen and oxygen atoms in total. The summed E-state index contributed by atoms with van der Waals surface area (Å²) < 4.78 is 7.76. The zero-order valence-corrected chi connectivity index (χ0v) is 18.8. The fraction of sp³-hybridized carbons (Fsp3) is 0.269. The quantitative estimate of drug-likeness (QED) is 0.486. The minimum absolute atomic E-state index is 0.00204. The lowest BCUT2D eigenvalue weighted by molar-refractivity contribution is -0.117. The van der Waals surface area contributed by atoms with Gasteiger partial charge in [0.25, 0.3) is 0 Å². The second-order valence-corrected chi connectivity index (χ2v) is 8.16. The van der Waals surface area contributed by atoms with Gasteiger partial charge in [-0.2, -0.15) is 4.98 Å². The number of nitrogens with zero attached hydrogens (tertiary/aromatic N) is 3. The average molecular weight is 429 g/mol. The summed E-state index contributed by atoms with van der Waals surface area (Å²) in [4.78, 5) is 16.7. The van der Waals surface area contributed by atoms with Crippen LogP contribution in [0.4, 0.5) is 5.95 Å². The van der Waals surface area contributed by atoms with Crippen LogP contribution in [0.2, 0.25) is 0 Å². The van der Waals surface area contributed by atoms with E-state index in [9.17, 15) is 4.79 Å². The molecule has 6 heteroatoms. The first-order valence-corrected chi connectivity index (χ1v) is 10.8. The van der Waals surface area contributed by atoms with Crippen LogP contribution >= 0.6 is 0 Å². The number of aryl methyl sites for hydroxylation is 2. The molecule has 4 rings (SSSR count). The Hall–Kier alpha value is -3.67. The van der Waals surface area contributed by atoms with Gasteiger partial charge in [0.2, 0.25) is 11.9 Å². The second-order valence-electron chi connectivity index (χ2n) is 8.16. The standard InChI is InChI=1S/C26H28N4O2/c1-5-6-7-9-17(2)16-32-23-18(3)14-21(15-19(23)4)22-10-8-13-30-24(22)27-26(29-30)28-25(31)20-11-12-20/h5-10,13-15,20H,2,11-12,16H2,1,3-4H3,(H,28,29,31). The predicted molar refractivity (Wildman–Crippen MR) is 128 cm³/mol. The van der Waals surface area contributed by atoms with Crippen LogP contribution in [0.15, 0.2) is 66.9 Å². The van der Waals surface area contributed by atoms with Gasteiger partial charge < -0.3 is 4.74 Å². The molecular weight excluding hydrogens is 400 g/mol. The SMILES string of the molecule is C=C(C=CC=CC)COc1c(C)cc(-c2cccn3nc(NC(=O)C4CC4)nc23)cc1C. The Bertz CT molecular complexity index is 1210. The third-order valence-corrected chi connectivity index (χ3v) is 5.35. The number of benzene rings is 1. The maximum atomic E-state index is 12.1. The smallest absolute Gasteiger partial charge is 0.249 e. The van der Waals surface area contributed by atoms with Gasteiger partial charge in [-0.15, -0.1) is 5.10 Å². The number of aromatic nitrogens is 3. The monoisotopic (exact) mass is 428 g/mol. The number of hydrogen-bond acceptors (Lipinski definition) is 4. The molecular formula is C26H28N4O2. The molecule has 2 aromatic heterocycles. The van der Waals surface area contributed by atoms with Crippen LogP contribution in [0.3, 0.4) is 0 Å². The molecule has 1 fully saturated rings. The van der Waals surface area contributed by atoms with Crippen LogP contribution in [-0.4, -0.2) is 27.1 Å². The first-order chi connectivity index (χ1) is 15.5. The Balaban J connectivity index is 1.57. The molecule has 1 aliphatic rings. The van der Waals surface area contributed by atoms with Gasteiger partial charge in [-0.3, -0.25) is 10.1 Å². The van der Waals surface area contributed by atoms with Crippen molar-refractivity contribution in [2.75, 3.05) is 11.9 Å². The number of amides is 1. The van der Waals surface area contributed by atoms with Crippen LogP contribution in [0, 0.1) is 19.8 Å². The summed E-state index contributed by atoms with van der Waals surface area (Å²) in [5, 5.41) is 7.25. The normalized spacial score (nSPS) is 13.8. The number of nitrogens with one attached hydrogen (secondary N) is 1. The molecule has 3 aromatic rings. The lowest BCUT2D eigenvalue weighted by Crippen LogP contribution is -2.14. The fourth-order valence-electron chi connectivity index (χ4n) is 3.59. The van der Waals surface area contributed by atoms with Crippen molar-refractivity contribution in [3.8, 4) is 16.9 Å². The molecule has 164 valence electrons. The van der Waals surface area contributed by atoms with E-state index in [0.717, 1.165) is 46.4 Å². The van der Waals surface area contributed by atoms with Gasteiger partial charge in [-0.25, -0.2) is 4.52 Å². The van der Waals surface area contributed by atoms with Crippen LogP contribution in [0.1, 0.15) is 30.9 Å². The second kappa shape index (κ2) is 9.22. The molecule has 32 heavy (non-hydrogen) atoms. The van der Waals surface area contributed by atoms with Crippen molar-refractivity contribution < 1.29 is 9.53 Å². The third kappa shape index (κ3) is 4.80. The summed E-state index contributed by atoms with van der Waals surface area (Å²) in [6.45, 7) is 10.5. The molecule has 1 aliphatic carbocycles. The maximum absolute atomic E-state index is 12.1. The van der Waals surface area contributed by atoms with Crippen molar-refractivity contribution in [3.05, 3.63) is 78.0 Å². The van der Waals surface area contributed by atoms with Crippen molar-refractivity contribution in [2.45, 2.75) is 33.6 Å². The van der Waals surface area contributed by atoms with Crippen molar-refractivity contribution in [3.63, 3.8) is 0 Å². The summed E-state index contributed by atoms with van der Waals surface area (Å²) >= 11 is 0. The van der Waals surface area contributed by atoms with Gasteiger partial charge in [-0.05, 0) is 80.1 Å². The van der Waals surface area contributed by atoms with Gasteiger partial charge in [-0.1, -0.05) is 30.9 Å². The van der Waals surface area contributed by atoms with Crippen molar-refractivity contribution in [2.24, 2.45) is 5.92 Å². The van der Waals surface area contributed by atoms with E-state index in [-0.39, 0.29) is 11.8 Å². The largest absolute Gasteiger partial charge is 0.488 e. The molecule has 0 atom stereocenters. The Kier molecular flexibility index (Phi) is 6.21. The molecule has 0 unspecified atom stereocenters. The first-order valence-electron chi connectivity index (χ1n) is 10.8.